The Kier molecular flexibility index (Phi) is 2.47. The van der Waals surface area contributed by atoms with Gasteiger partial charge in [0.1, 0.15) is 5.82 Å². The summed E-state index contributed by atoms with van der Waals surface area (Å²) in [5.41, 5.74) is -0.229. The van der Waals surface area contributed by atoms with E-state index in [1.54, 1.807) is 6.92 Å². The molecule has 0 aliphatic rings. The van der Waals surface area contributed by atoms with E-state index in [1.165, 1.54) is 12.1 Å². The maximum atomic E-state index is 12.9. The number of aromatic amines is 1. The van der Waals surface area contributed by atoms with Crippen LogP contribution < -0.4 is 5.56 Å². The molecule has 0 atom stereocenters. The first-order chi connectivity index (χ1) is 7.63. The number of ether oxygens (including phenoxy) is 1. The second kappa shape index (κ2) is 3.80. The first-order valence-electron chi connectivity index (χ1n) is 4.71. The highest BCUT2D eigenvalue weighted by Crippen LogP contribution is 2.11. The number of carbonyl (C=O) groups is 1. The van der Waals surface area contributed by atoms with Crippen LogP contribution in [-0.2, 0) is 4.74 Å². The Morgan fingerprint density at radius 1 is 1.56 bits per heavy atom. The fourth-order valence-corrected chi connectivity index (χ4v) is 1.44. The van der Waals surface area contributed by atoms with Crippen LogP contribution in [0.2, 0.25) is 0 Å². The van der Waals surface area contributed by atoms with Gasteiger partial charge in [-0.25, -0.2) is 9.18 Å². The average Bonchev–Trinajstić information content (AvgIpc) is 2.56. The number of rotatable bonds is 1. The average molecular weight is 224 g/mol. The lowest BCUT2D eigenvalue weighted by Crippen LogP contribution is -2.17. The Morgan fingerprint density at radius 2 is 2.31 bits per heavy atom. The summed E-state index contributed by atoms with van der Waals surface area (Å²) < 4.78 is 18.6. The van der Waals surface area contributed by atoms with Gasteiger partial charge < -0.3 is 4.74 Å². The summed E-state index contributed by atoms with van der Waals surface area (Å²) in [4.78, 5) is 22.8. The van der Waals surface area contributed by atoms with Crippen molar-refractivity contribution in [1.82, 2.24) is 9.78 Å². The van der Waals surface area contributed by atoms with E-state index < -0.39 is 17.5 Å². The lowest BCUT2D eigenvalue weighted by atomic mass is 10.2. The van der Waals surface area contributed by atoms with E-state index >= 15 is 0 Å². The molecule has 0 aliphatic heterocycles. The standard InChI is InChI=1S/C10H9FN2O3/c1-2-16-10(15)13-8-4-3-6(11)5-7(8)9(14)12-13/h3-5H,2H2,1H3,(H,12,14). The topological polar surface area (TPSA) is 64.1 Å². The maximum absolute atomic E-state index is 12.9. The van der Waals surface area contributed by atoms with Gasteiger partial charge in [-0.2, -0.15) is 4.68 Å². The monoisotopic (exact) mass is 224 g/mol. The molecule has 84 valence electrons. The van der Waals surface area contributed by atoms with Crippen LogP contribution in [0.25, 0.3) is 10.9 Å². The summed E-state index contributed by atoms with van der Waals surface area (Å²) in [6.07, 6.45) is -0.693. The van der Waals surface area contributed by atoms with Gasteiger partial charge in [-0.15, -0.1) is 0 Å². The minimum absolute atomic E-state index is 0.119. The van der Waals surface area contributed by atoms with E-state index in [2.05, 4.69) is 5.10 Å². The van der Waals surface area contributed by atoms with Crippen molar-refractivity contribution in [1.29, 1.82) is 0 Å². The van der Waals surface area contributed by atoms with Crippen molar-refractivity contribution in [2.24, 2.45) is 0 Å². The van der Waals surface area contributed by atoms with E-state index in [4.69, 9.17) is 4.74 Å². The Balaban J connectivity index is 2.64. The first-order valence-corrected chi connectivity index (χ1v) is 4.71. The van der Waals surface area contributed by atoms with Gasteiger partial charge in [-0.1, -0.05) is 0 Å². The smallest absolute Gasteiger partial charge is 0.433 e. The minimum atomic E-state index is -0.693. The van der Waals surface area contributed by atoms with Crippen LogP contribution in [0.15, 0.2) is 23.0 Å². The van der Waals surface area contributed by atoms with Crippen molar-refractivity contribution in [3.8, 4) is 0 Å². The van der Waals surface area contributed by atoms with Crippen LogP contribution in [0.4, 0.5) is 9.18 Å². The summed E-state index contributed by atoms with van der Waals surface area (Å²) in [6, 6.07) is 3.59. The third-order valence-corrected chi connectivity index (χ3v) is 2.11. The molecule has 1 N–H and O–H groups in total. The third kappa shape index (κ3) is 1.58. The zero-order chi connectivity index (χ0) is 11.7. The van der Waals surface area contributed by atoms with Crippen molar-refractivity contribution >= 4 is 17.0 Å². The van der Waals surface area contributed by atoms with E-state index in [1.807, 2.05) is 0 Å². The van der Waals surface area contributed by atoms with Crippen molar-refractivity contribution in [3.63, 3.8) is 0 Å². The number of carbonyl (C=O) groups excluding carboxylic acids is 1. The number of nitrogens with zero attached hydrogens (tertiary/aromatic N) is 1. The molecule has 0 aliphatic carbocycles. The van der Waals surface area contributed by atoms with Crippen molar-refractivity contribution in [2.45, 2.75) is 6.92 Å². The predicted molar refractivity (Wildman–Crippen MR) is 54.9 cm³/mol. The number of H-pyrrole nitrogens is 1. The molecular weight excluding hydrogens is 215 g/mol. The molecule has 0 spiro atoms. The second-order valence-electron chi connectivity index (χ2n) is 3.14. The number of fused-ring (bicyclic) bond motifs is 1. The quantitative estimate of drug-likeness (QED) is 0.797. The molecule has 0 saturated heterocycles. The molecule has 5 nitrogen and oxygen atoms in total. The first kappa shape index (κ1) is 10.4. The molecule has 1 heterocycles. The number of aromatic nitrogens is 2. The van der Waals surface area contributed by atoms with E-state index in [0.29, 0.717) is 5.52 Å². The van der Waals surface area contributed by atoms with Gasteiger partial charge in [0.05, 0.1) is 17.5 Å². The van der Waals surface area contributed by atoms with Crippen molar-refractivity contribution in [3.05, 3.63) is 34.4 Å². The largest absolute Gasteiger partial charge is 0.448 e. The molecule has 2 rings (SSSR count). The number of hydrogen-bond acceptors (Lipinski definition) is 3. The fourth-order valence-electron chi connectivity index (χ4n) is 1.44. The predicted octanol–water partition coefficient (Wildman–Crippen LogP) is 1.47. The third-order valence-electron chi connectivity index (χ3n) is 2.11. The molecule has 1 aromatic heterocycles. The summed E-state index contributed by atoms with van der Waals surface area (Å²) in [5, 5.41) is 2.40. The molecule has 0 saturated carbocycles. The molecular formula is C10H9FN2O3. The zero-order valence-corrected chi connectivity index (χ0v) is 8.49. The molecule has 16 heavy (non-hydrogen) atoms. The Hall–Kier alpha value is -2.11. The molecule has 0 unspecified atom stereocenters. The number of nitrogens with one attached hydrogen (secondary N) is 1. The highest BCUT2D eigenvalue weighted by atomic mass is 19.1. The second-order valence-corrected chi connectivity index (χ2v) is 3.14. The van der Waals surface area contributed by atoms with Gasteiger partial charge >= 0.3 is 6.09 Å². The highest BCUT2D eigenvalue weighted by molar-refractivity contribution is 5.87. The lowest BCUT2D eigenvalue weighted by Gasteiger charge is -2.02. The van der Waals surface area contributed by atoms with Crippen LogP contribution in [-0.4, -0.2) is 22.5 Å². The Morgan fingerprint density at radius 3 is 3.00 bits per heavy atom. The van der Waals surface area contributed by atoms with Crippen LogP contribution in [0.1, 0.15) is 6.92 Å². The van der Waals surface area contributed by atoms with Gasteiger partial charge in [0.15, 0.2) is 0 Å². The van der Waals surface area contributed by atoms with E-state index in [0.717, 1.165) is 10.7 Å². The molecule has 0 fully saturated rings. The summed E-state index contributed by atoms with van der Waals surface area (Å²) in [5.74, 6) is -0.528. The fraction of sp³-hybridized carbons (Fsp3) is 0.200. The van der Waals surface area contributed by atoms with Crippen molar-refractivity contribution in [2.75, 3.05) is 6.61 Å². The maximum Gasteiger partial charge on any atom is 0.433 e. The molecule has 0 amide bonds. The zero-order valence-electron chi connectivity index (χ0n) is 8.49. The molecule has 1 aromatic carbocycles. The molecule has 6 heteroatoms. The van der Waals surface area contributed by atoms with Crippen molar-refractivity contribution < 1.29 is 13.9 Å². The van der Waals surface area contributed by atoms with Crippen LogP contribution in [0, 0.1) is 5.82 Å². The number of benzene rings is 1. The normalized spacial score (nSPS) is 10.6. The Labute approximate surface area is 89.4 Å². The van der Waals surface area contributed by atoms with E-state index in [-0.39, 0.29) is 12.0 Å². The van der Waals surface area contributed by atoms with Gasteiger partial charge in [-0.05, 0) is 25.1 Å². The lowest BCUT2D eigenvalue weighted by molar-refractivity contribution is 0.151. The van der Waals surface area contributed by atoms with Gasteiger partial charge in [0.2, 0.25) is 0 Å². The minimum Gasteiger partial charge on any atom is -0.448 e. The van der Waals surface area contributed by atoms with E-state index in [9.17, 15) is 14.0 Å². The van der Waals surface area contributed by atoms with Crippen LogP contribution in [0.3, 0.4) is 0 Å². The molecule has 0 radical (unpaired) electrons. The van der Waals surface area contributed by atoms with Gasteiger partial charge in [0, 0.05) is 0 Å². The molecule has 0 bridgehead atoms. The summed E-state index contributed by atoms with van der Waals surface area (Å²) in [7, 11) is 0. The van der Waals surface area contributed by atoms with Gasteiger partial charge in [-0.3, -0.25) is 9.89 Å². The number of hydrogen-bond donors (Lipinski definition) is 1. The van der Waals surface area contributed by atoms with Crippen LogP contribution >= 0.6 is 0 Å². The highest BCUT2D eigenvalue weighted by Gasteiger charge is 2.13. The number of halogens is 1. The van der Waals surface area contributed by atoms with Gasteiger partial charge in [0.25, 0.3) is 5.56 Å². The molecule has 2 aromatic rings. The van der Waals surface area contributed by atoms with Crippen LogP contribution in [0.5, 0.6) is 0 Å². The Bertz CT molecular complexity index is 600. The summed E-state index contributed by atoms with van der Waals surface area (Å²) >= 11 is 0. The summed E-state index contributed by atoms with van der Waals surface area (Å²) in [6.45, 7) is 1.85. The SMILES string of the molecule is CCOC(=O)n1[nH]c(=O)c2cc(F)ccc21.